The van der Waals surface area contributed by atoms with E-state index in [1.165, 1.54) is 13.8 Å². The molecular formula is C51H40F24O3P2. The number of benzene rings is 4. The lowest BCUT2D eigenvalue weighted by Crippen LogP contribution is -2.47. The maximum absolute atomic E-state index is 15.2. The third-order valence-electron chi connectivity index (χ3n) is 13.2. The van der Waals surface area contributed by atoms with Crippen LogP contribution in [0, 0.1) is 10.8 Å². The molecule has 80 heavy (non-hydrogen) atoms. The van der Waals surface area contributed by atoms with Crippen LogP contribution in [0.3, 0.4) is 0 Å². The van der Waals surface area contributed by atoms with Crippen LogP contribution < -0.4 is 30.7 Å². The number of allylic oxidation sites excluding steroid dienone is 6. The zero-order valence-corrected chi connectivity index (χ0v) is 43.6. The van der Waals surface area contributed by atoms with Crippen molar-refractivity contribution in [3.63, 3.8) is 0 Å². The summed E-state index contributed by atoms with van der Waals surface area (Å²) in [7, 11) is -5.24. The second kappa shape index (κ2) is 20.8. The standard InChI is InChI=1S/C51H40F24O3P2/c1-41(2)22-37(78-7)40(43(4,23-41)80(33-13-26(46(58,59)60)9-27(14-33)47(61,62)63)34-15-28(48(64,65)66)10-29(16-34)49(67,68)69)39-36(77-6)18-31(76-5)19-38(39)79(32-11-24(44(52,53)54)8-25(12-32)45(55,56)57)35-17-30(50(70,71)72)20-42(3,21-35)51(73,74)75/h8-19,21-22,40H,20,23H2,1-7H3/t40?,42?,43-,79?/m1/s1. The molecule has 0 saturated carbocycles. The van der Waals surface area contributed by atoms with Crippen molar-refractivity contribution in [2.75, 3.05) is 21.3 Å². The molecule has 0 aliphatic heterocycles. The molecular weight excluding hydrogens is 1180 g/mol. The fourth-order valence-corrected chi connectivity index (χ4v) is 16.4. The van der Waals surface area contributed by atoms with Gasteiger partial charge in [-0.25, -0.2) is 0 Å². The van der Waals surface area contributed by atoms with Crippen molar-refractivity contribution >= 4 is 37.1 Å². The minimum atomic E-state index is -5.78. The Morgan fingerprint density at radius 3 is 1.16 bits per heavy atom. The molecule has 4 atom stereocenters. The van der Waals surface area contributed by atoms with Crippen molar-refractivity contribution in [2.24, 2.45) is 10.8 Å². The molecule has 0 saturated heterocycles. The van der Waals surface area contributed by atoms with Gasteiger partial charge < -0.3 is 14.2 Å². The van der Waals surface area contributed by atoms with Gasteiger partial charge >= 0.3 is 49.4 Å². The lowest BCUT2D eigenvalue weighted by atomic mass is 9.68. The second-order valence-electron chi connectivity index (χ2n) is 19.8. The molecule has 0 N–H and O–H groups in total. The van der Waals surface area contributed by atoms with Gasteiger partial charge in [0.25, 0.3) is 0 Å². The molecule has 0 aromatic heterocycles. The fraction of sp³-hybridized carbons (Fsp3) is 0.412. The number of alkyl halides is 24. The van der Waals surface area contributed by atoms with Gasteiger partial charge in [-0.15, -0.1) is 0 Å². The van der Waals surface area contributed by atoms with E-state index >= 15 is 13.2 Å². The van der Waals surface area contributed by atoms with Crippen LogP contribution in [0.2, 0.25) is 0 Å². The summed E-state index contributed by atoms with van der Waals surface area (Å²) in [5.74, 6) is -4.21. The van der Waals surface area contributed by atoms with E-state index in [0.29, 0.717) is 6.07 Å². The van der Waals surface area contributed by atoms with Crippen LogP contribution in [0.15, 0.2) is 102 Å². The maximum atomic E-state index is 15.2. The Morgan fingerprint density at radius 1 is 0.450 bits per heavy atom. The second-order valence-corrected chi connectivity index (χ2v) is 24.7. The van der Waals surface area contributed by atoms with Crippen molar-refractivity contribution in [2.45, 2.75) is 101 Å². The van der Waals surface area contributed by atoms with Gasteiger partial charge in [-0.2, -0.15) is 105 Å². The fourth-order valence-electron chi connectivity index (χ4n) is 9.94. The molecule has 3 unspecified atom stereocenters. The highest BCUT2D eigenvalue weighted by molar-refractivity contribution is 7.77. The summed E-state index contributed by atoms with van der Waals surface area (Å²) in [6.07, 6.45) is -47.5. The quantitative estimate of drug-likeness (QED) is 0.117. The van der Waals surface area contributed by atoms with E-state index in [1.54, 1.807) is 0 Å². The van der Waals surface area contributed by atoms with Crippen molar-refractivity contribution in [1.82, 2.24) is 0 Å². The molecule has 29 heteroatoms. The van der Waals surface area contributed by atoms with Crippen molar-refractivity contribution < 1.29 is 120 Å². The highest BCUT2D eigenvalue weighted by Gasteiger charge is 2.57. The van der Waals surface area contributed by atoms with Crippen LogP contribution >= 0.6 is 15.8 Å². The summed E-state index contributed by atoms with van der Waals surface area (Å²) in [5, 5.41) is -8.69. The summed E-state index contributed by atoms with van der Waals surface area (Å²) in [6.45, 7) is 3.74. The number of methoxy groups -OCH3 is 3. The Morgan fingerprint density at radius 2 is 0.838 bits per heavy atom. The molecule has 6 rings (SSSR count). The van der Waals surface area contributed by atoms with Crippen LogP contribution in [0.1, 0.15) is 85.4 Å². The van der Waals surface area contributed by atoms with E-state index in [2.05, 4.69) is 0 Å². The maximum Gasteiger partial charge on any atom is 0.416 e. The molecule has 2 aliphatic rings. The van der Waals surface area contributed by atoms with Gasteiger partial charge in [0.2, 0.25) is 0 Å². The van der Waals surface area contributed by atoms with Gasteiger partial charge in [0.15, 0.2) is 0 Å². The first-order valence-electron chi connectivity index (χ1n) is 22.6. The molecule has 0 amide bonds. The van der Waals surface area contributed by atoms with Crippen molar-refractivity contribution in [3.05, 3.63) is 141 Å². The first-order valence-corrected chi connectivity index (χ1v) is 25.3. The van der Waals surface area contributed by atoms with Gasteiger partial charge in [0.05, 0.1) is 66.0 Å². The molecule has 0 radical (unpaired) electrons. The topological polar surface area (TPSA) is 27.7 Å². The number of ether oxygens (including phenoxy) is 3. The van der Waals surface area contributed by atoms with Gasteiger partial charge in [-0.3, -0.25) is 0 Å². The average Bonchev–Trinajstić information content (AvgIpc) is 3.28. The molecule has 4 aromatic rings. The third kappa shape index (κ3) is 13.1. The molecule has 3 nitrogen and oxygen atoms in total. The average molecular weight is 1220 g/mol. The summed E-state index contributed by atoms with van der Waals surface area (Å²) in [5.41, 5.74) is -21.1. The predicted molar refractivity (Wildman–Crippen MR) is 247 cm³/mol. The Bertz CT molecular complexity index is 2920. The van der Waals surface area contributed by atoms with Gasteiger partial charge in [0, 0.05) is 22.4 Å². The lowest BCUT2D eigenvalue weighted by molar-refractivity contribution is -0.204. The Labute approximate surface area is 441 Å². The minimum Gasteiger partial charge on any atom is -0.501 e. The molecule has 2 aliphatic carbocycles. The number of hydrogen-bond donors (Lipinski definition) is 0. The third-order valence-corrected chi connectivity index (χ3v) is 18.6. The summed E-state index contributed by atoms with van der Waals surface area (Å²) < 4.78 is 374. The first kappa shape index (κ1) is 63.9. The normalized spacial score (nSPS) is 21.2. The van der Waals surface area contributed by atoms with Crippen molar-refractivity contribution in [3.8, 4) is 11.5 Å². The van der Waals surface area contributed by atoms with Crippen LogP contribution in [0.25, 0.3) is 0 Å². The SMILES string of the molecule is COC1=CC(C)(C)C[C@@](C)(P(c2cc(C(F)(F)F)cc(C(F)(F)F)c2)c2cc(C(F)(F)F)cc(C(F)(F)F)c2)C1c1c(OC)cc(OC)cc1P(C1=CC(C)(C(F)(F)F)CC(C(F)(F)F)=C1)c1cc(C(F)(F)F)cc(C(F)(F)F)c1. The molecule has 440 valence electrons. The summed E-state index contributed by atoms with van der Waals surface area (Å²) >= 11 is 0. The largest absolute Gasteiger partial charge is 0.501 e. The first-order chi connectivity index (χ1) is 36.0. The number of hydrogen-bond acceptors (Lipinski definition) is 3. The van der Waals surface area contributed by atoms with Gasteiger partial charge in [0.1, 0.15) is 17.3 Å². The van der Waals surface area contributed by atoms with E-state index < -0.39 is 207 Å². The number of rotatable bonds is 10. The molecule has 0 fully saturated rings. The Kier molecular flexibility index (Phi) is 16.6. The zero-order chi connectivity index (χ0) is 60.9. The monoisotopic (exact) mass is 1220 g/mol. The molecule has 0 spiro atoms. The zero-order valence-electron chi connectivity index (χ0n) is 41.8. The Balaban J connectivity index is 1.97. The van der Waals surface area contributed by atoms with E-state index in [1.807, 2.05) is 0 Å². The Hall–Kier alpha value is -5.32. The summed E-state index contributed by atoms with van der Waals surface area (Å²) in [4.78, 5) is 0. The van der Waals surface area contributed by atoms with E-state index in [4.69, 9.17) is 14.2 Å². The molecule has 4 aromatic carbocycles. The van der Waals surface area contributed by atoms with Crippen LogP contribution in [-0.4, -0.2) is 38.8 Å². The highest BCUT2D eigenvalue weighted by Crippen LogP contribution is 2.67. The molecule has 0 bridgehead atoms. The van der Waals surface area contributed by atoms with Crippen LogP contribution in [0.5, 0.6) is 11.5 Å². The van der Waals surface area contributed by atoms with Crippen molar-refractivity contribution in [1.29, 1.82) is 0 Å². The van der Waals surface area contributed by atoms with Gasteiger partial charge in [-0.05, 0) is 140 Å². The highest BCUT2D eigenvalue weighted by atomic mass is 31.1. The van der Waals surface area contributed by atoms with E-state index in [-0.39, 0.29) is 55.5 Å². The smallest absolute Gasteiger partial charge is 0.416 e. The lowest BCUT2D eigenvalue weighted by Gasteiger charge is -2.52. The van der Waals surface area contributed by atoms with Crippen LogP contribution in [-0.2, 0) is 41.8 Å². The van der Waals surface area contributed by atoms with E-state index in [0.717, 1.165) is 40.4 Å². The van der Waals surface area contributed by atoms with Gasteiger partial charge in [-0.1, -0.05) is 26.8 Å². The molecule has 0 heterocycles. The number of halogens is 24. The minimum absolute atomic E-state index is 0.00317. The van der Waals surface area contributed by atoms with Crippen LogP contribution in [0.4, 0.5) is 105 Å². The predicted octanol–water partition coefficient (Wildman–Crippen LogP) is 17.5. The summed E-state index contributed by atoms with van der Waals surface area (Å²) in [6, 6.07) is 0.210. The van der Waals surface area contributed by atoms with E-state index in [9.17, 15) is 92.2 Å².